The lowest BCUT2D eigenvalue weighted by Crippen LogP contribution is -2.13. The Morgan fingerprint density at radius 1 is 1.45 bits per heavy atom. The number of anilines is 1. The molecular formula is C16H22N2O2. The first kappa shape index (κ1) is 16.2. The summed E-state index contributed by atoms with van der Waals surface area (Å²) >= 11 is 0. The zero-order chi connectivity index (χ0) is 14.8. The Morgan fingerprint density at radius 3 is 2.95 bits per heavy atom. The quantitative estimate of drug-likeness (QED) is 0.616. The molecule has 0 spiro atoms. The van der Waals surface area contributed by atoms with Gasteiger partial charge in [0.05, 0.1) is 12.2 Å². The summed E-state index contributed by atoms with van der Waals surface area (Å²) in [5.74, 6) is 5.77. The molecule has 108 valence electrons. The summed E-state index contributed by atoms with van der Waals surface area (Å²) in [7, 11) is 0. The van der Waals surface area contributed by atoms with Gasteiger partial charge in [0.15, 0.2) is 0 Å². The minimum atomic E-state index is -0.0237. The first-order chi connectivity index (χ1) is 9.67. The minimum Gasteiger partial charge on any atom is -0.382 e. The molecule has 0 atom stereocenters. The second-order valence-electron chi connectivity index (χ2n) is 4.40. The minimum absolute atomic E-state index is 0.0237. The average Bonchev–Trinajstić information content (AvgIpc) is 2.44. The topological polar surface area (TPSA) is 64.3 Å². The number of benzene rings is 1. The van der Waals surface area contributed by atoms with E-state index in [2.05, 4.69) is 17.2 Å². The molecule has 4 nitrogen and oxygen atoms in total. The van der Waals surface area contributed by atoms with E-state index in [-0.39, 0.29) is 5.91 Å². The van der Waals surface area contributed by atoms with E-state index in [0.717, 1.165) is 23.2 Å². The van der Waals surface area contributed by atoms with Crippen LogP contribution in [0.5, 0.6) is 0 Å². The molecule has 0 unspecified atom stereocenters. The van der Waals surface area contributed by atoms with Gasteiger partial charge in [-0.2, -0.15) is 0 Å². The molecule has 1 aromatic carbocycles. The van der Waals surface area contributed by atoms with Crippen LogP contribution >= 0.6 is 0 Å². The Balaban J connectivity index is 2.64. The van der Waals surface area contributed by atoms with Gasteiger partial charge in [-0.05, 0) is 38.0 Å². The smallest absolute Gasteiger partial charge is 0.224 e. The molecule has 0 saturated carbocycles. The molecule has 3 N–H and O–H groups in total. The Hall–Kier alpha value is -1.83. The maximum Gasteiger partial charge on any atom is 0.224 e. The molecule has 4 heteroatoms. The molecule has 0 saturated heterocycles. The van der Waals surface area contributed by atoms with E-state index in [1.807, 2.05) is 32.0 Å². The number of rotatable bonds is 6. The molecule has 0 aliphatic carbocycles. The summed E-state index contributed by atoms with van der Waals surface area (Å²) in [6, 6.07) is 5.76. The van der Waals surface area contributed by atoms with Crippen LogP contribution in [-0.4, -0.2) is 25.7 Å². The van der Waals surface area contributed by atoms with Gasteiger partial charge in [-0.3, -0.25) is 4.79 Å². The average molecular weight is 274 g/mol. The summed E-state index contributed by atoms with van der Waals surface area (Å²) < 4.78 is 5.21. The van der Waals surface area contributed by atoms with Crippen LogP contribution in [-0.2, 0) is 9.53 Å². The SMILES string of the molecule is CCOCCCC(=O)Nc1ccc(C)cc1C#CCN. The van der Waals surface area contributed by atoms with E-state index in [1.54, 1.807) is 0 Å². The molecule has 0 fully saturated rings. The highest BCUT2D eigenvalue weighted by atomic mass is 16.5. The normalized spacial score (nSPS) is 9.75. The van der Waals surface area contributed by atoms with Crippen molar-refractivity contribution in [3.05, 3.63) is 29.3 Å². The van der Waals surface area contributed by atoms with Crippen LogP contribution in [0.15, 0.2) is 18.2 Å². The number of carbonyl (C=O) groups excluding carboxylic acids is 1. The number of nitrogens with two attached hydrogens (primary N) is 1. The van der Waals surface area contributed by atoms with Crippen molar-refractivity contribution < 1.29 is 9.53 Å². The summed E-state index contributed by atoms with van der Waals surface area (Å²) in [5.41, 5.74) is 8.02. The predicted molar refractivity (Wildman–Crippen MR) is 81.5 cm³/mol. The summed E-state index contributed by atoms with van der Waals surface area (Å²) in [4.78, 5) is 11.8. The molecule has 0 radical (unpaired) electrons. The monoisotopic (exact) mass is 274 g/mol. The summed E-state index contributed by atoms with van der Waals surface area (Å²) in [5, 5.41) is 2.89. The first-order valence-corrected chi connectivity index (χ1v) is 6.84. The standard InChI is InChI=1S/C16H22N2O2/c1-3-20-11-5-7-16(19)18-15-9-8-13(2)12-14(15)6-4-10-17/h8-9,12H,3,5,7,10-11,17H2,1-2H3,(H,18,19). The molecule has 0 aliphatic rings. The second-order valence-corrected chi connectivity index (χ2v) is 4.40. The van der Waals surface area contributed by atoms with Crippen LogP contribution < -0.4 is 11.1 Å². The Kier molecular flexibility index (Phi) is 7.41. The van der Waals surface area contributed by atoms with E-state index in [4.69, 9.17) is 10.5 Å². The number of ether oxygens (including phenoxy) is 1. The molecule has 1 rings (SSSR count). The Bertz CT molecular complexity index is 501. The lowest BCUT2D eigenvalue weighted by molar-refractivity contribution is -0.116. The second kappa shape index (κ2) is 9.13. The van der Waals surface area contributed by atoms with Crippen LogP contribution in [0.1, 0.15) is 30.9 Å². The first-order valence-electron chi connectivity index (χ1n) is 6.84. The van der Waals surface area contributed by atoms with E-state index in [0.29, 0.717) is 26.2 Å². The maximum atomic E-state index is 11.8. The van der Waals surface area contributed by atoms with E-state index in [1.165, 1.54) is 0 Å². The zero-order valence-electron chi connectivity index (χ0n) is 12.2. The zero-order valence-corrected chi connectivity index (χ0v) is 12.2. The van der Waals surface area contributed by atoms with Crippen molar-refractivity contribution in [2.45, 2.75) is 26.7 Å². The van der Waals surface area contributed by atoms with Crippen LogP contribution in [0.2, 0.25) is 0 Å². The summed E-state index contributed by atoms with van der Waals surface area (Å²) in [6.07, 6.45) is 1.16. The van der Waals surface area contributed by atoms with Crippen LogP contribution in [0.25, 0.3) is 0 Å². The van der Waals surface area contributed by atoms with Gasteiger partial charge >= 0.3 is 0 Å². The molecule has 1 amide bonds. The van der Waals surface area contributed by atoms with Gasteiger partial charge in [0, 0.05) is 25.2 Å². The molecule has 0 bridgehead atoms. The van der Waals surface area contributed by atoms with Gasteiger partial charge in [-0.15, -0.1) is 0 Å². The van der Waals surface area contributed by atoms with Crippen molar-refractivity contribution in [3.8, 4) is 11.8 Å². The van der Waals surface area contributed by atoms with E-state index in [9.17, 15) is 4.79 Å². The third-order valence-corrected chi connectivity index (χ3v) is 2.67. The maximum absolute atomic E-state index is 11.8. The highest BCUT2D eigenvalue weighted by molar-refractivity contribution is 5.92. The van der Waals surface area contributed by atoms with Crippen molar-refractivity contribution in [2.24, 2.45) is 5.73 Å². The fourth-order valence-corrected chi connectivity index (χ4v) is 1.71. The molecule has 0 heterocycles. The van der Waals surface area contributed by atoms with Crippen LogP contribution in [0, 0.1) is 18.8 Å². The molecular weight excluding hydrogens is 252 g/mol. The van der Waals surface area contributed by atoms with Gasteiger partial charge in [0.2, 0.25) is 5.91 Å². The number of hydrogen-bond acceptors (Lipinski definition) is 3. The van der Waals surface area contributed by atoms with Crippen molar-refractivity contribution in [3.63, 3.8) is 0 Å². The Labute approximate surface area is 120 Å². The molecule has 0 aromatic heterocycles. The van der Waals surface area contributed by atoms with Gasteiger partial charge < -0.3 is 15.8 Å². The fourth-order valence-electron chi connectivity index (χ4n) is 1.71. The third kappa shape index (κ3) is 5.87. The number of hydrogen-bond donors (Lipinski definition) is 2. The van der Waals surface area contributed by atoms with Crippen molar-refractivity contribution >= 4 is 11.6 Å². The lowest BCUT2D eigenvalue weighted by atomic mass is 10.1. The summed E-state index contributed by atoms with van der Waals surface area (Å²) in [6.45, 7) is 5.52. The highest BCUT2D eigenvalue weighted by Crippen LogP contribution is 2.16. The third-order valence-electron chi connectivity index (χ3n) is 2.67. The van der Waals surface area contributed by atoms with Gasteiger partial charge in [-0.25, -0.2) is 0 Å². The van der Waals surface area contributed by atoms with E-state index >= 15 is 0 Å². The fraction of sp³-hybridized carbons (Fsp3) is 0.438. The van der Waals surface area contributed by atoms with Gasteiger partial charge in [0.1, 0.15) is 0 Å². The number of nitrogens with one attached hydrogen (secondary N) is 1. The lowest BCUT2D eigenvalue weighted by Gasteiger charge is -2.08. The van der Waals surface area contributed by atoms with Crippen LogP contribution in [0.4, 0.5) is 5.69 Å². The van der Waals surface area contributed by atoms with Crippen LogP contribution in [0.3, 0.4) is 0 Å². The highest BCUT2D eigenvalue weighted by Gasteiger charge is 2.06. The van der Waals surface area contributed by atoms with Crippen molar-refractivity contribution in [1.82, 2.24) is 0 Å². The van der Waals surface area contributed by atoms with E-state index < -0.39 is 0 Å². The van der Waals surface area contributed by atoms with Gasteiger partial charge in [-0.1, -0.05) is 17.9 Å². The molecule has 0 aliphatic heterocycles. The molecule has 1 aromatic rings. The Morgan fingerprint density at radius 2 is 2.25 bits per heavy atom. The van der Waals surface area contributed by atoms with Gasteiger partial charge in [0.25, 0.3) is 0 Å². The predicted octanol–water partition coefficient (Wildman–Crippen LogP) is 2.06. The number of aryl methyl sites for hydroxylation is 1. The largest absolute Gasteiger partial charge is 0.382 e. The number of carbonyl (C=O) groups is 1. The van der Waals surface area contributed by atoms with Crippen molar-refractivity contribution in [2.75, 3.05) is 25.1 Å². The molecule has 20 heavy (non-hydrogen) atoms. The van der Waals surface area contributed by atoms with Crippen molar-refractivity contribution in [1.29, 1.82) is 0 Å². The number of amides is 1.